The van der Waals surface area contributed by atoms with Crippen LogP contribution in [0.15, 0.2) is 41.8 Å². The van der Waals surface area contributed by atoms with Crippen molar-refractivity contribution in [3.63, 3.8) is 0 Å². The maximum atomic E-state index is 12.4. The van der Waals surface area contributed by atoms with Crippen molar-refractivity contribution in [2.24, 2.45) is 0 Å². The molecule has 1 amide bonds. The van der Waals surface area contributed by atoms with Gasteiger partial charge in [0.2, 0.25) is 0 Å². The molecule has 1 unspecified atom stereocenters. The summed E-state index contributed by atoms with van der Waals surface area (Å²) in [5, 5.41) is 2.03. The molecule has 0 aliphatic heterocycles. The van der Waals surface area contributed by atoms with Crippen molar-refractivity contribution >= 4 is 17.2 Å². The Morgan fingerprint density at radius 3 is 2.57 bits per heavy atom. The summed E-state index contributed by atoms with van der Waals surface area (Å²) in [4.78, 5) is 15.4. The number of carbonyl (C=O) groups excluding carboxylic acids is 1. The zero-order chi connectivity index (χ0) is 15.2. The summed E-state index contributed by atoms with van der Waals surface area (Å²) < 4.78 is 5.59. The molecule has 0 N–H and O–H groups in total. The van der Waals surface area contributed by atoms with Crippen LogP contribution in [0.1, 0.15) is 30.3 Å². The molecule has 21 heavy (non-hydrogen) atoms. The van der Waals surface area contributed by atoms with Crippen LogP contribution in [0.25, 0.3) is 0 Å². The van der Waals surface area contributed by atoms with Crippen LogP contribution in [0.2, 0.25) is 0 Å². The van der Waals surface area contributed by atoms with Gasteiger partial charge >= 0.3 is 0 Å². The van der Waals surface area contributed by atoms with Crippen molar-refractivity contribution in [3.8, 4) is 5.75 Å². The summed E-state index contributed by atoms with van der Waals surface area (Å²) in [5.74, 6) is 0.743. The van der Waals surface area contributed by atoms with Gasteiger partial charge in [0.1, 0.15) is 5.75 Å². The Morgan fingerprint density at radius 2 is 2.00 bits per heavy atom. The van der Waals surface area contributed by atoms with Gasteiger partial charge in [-0.3, -0.25) is 4.79 Å². The Hall–Kier alpha value is -1.81. The highest BCUT2D eigenvalue weighted by Crippen LogP contribution is 2.24. The van der Waals surface area contributed by atoms with Crippen LogP contribution in [0.5, 0.6) is 5.75 Å². The van der Waals surface area contributed by atoms with Crippen LogP contribution >= 0.6 is 11.3 Å². The first-order chi connectivity index (χ1) is 10.1. The second-order valence-corrected chi connectivity index (χ2v) is 5.95. The van der Waals surface area contributed by atoms with Gasteiger partial charge in [0.05, 0.1) is 6.04 Å². The van der Waals surface area contributed by atoms with E-state index in [1.165, 1.54) is 10.4 Å². The van der Waals surface area contributed by atoms with E-state index >= 15 is 0 Å². The molecule has 1 aromatic heterocycles. The van der Waals surface area contributed by atoms with Gasteiger partial charge in [-0.25, -0.2) is 0 Å². The van der Waals surface area contributed by atoms with Gasteiger partial charge in [0.15, 0.2) is 6.61 Å². The first-order valence-electron chi connectivity index (χ1n) is 7.14. The standard InChI is InChI=1S/C17H21NO2S/c1-4-18(14(3)16-6-5-11-21-16)17(19)12-20-15-9-7-13(2)8-10-15/h5-11,14H,4,12H2,1-3H3. The Labute approximate surface area is 130 Å². The largest absolute Gasteiger partial charge is 0.484 e. The second kappa shape index (κ2) is 7.27. The molecule has 0 aliphatic carbocycles. The molecule has 1 atom stereocenters. The molecule has 0 fully saturated rings. The van der Waals surface area contributed by atoms with Gasteiger partial charge in [-0.05, 0) is 44.4 Å². The zero-order valence-electron chi connectivity index (χ0n) is 12.7. The summed E-state index contributed by atoms with van der Waals surface area (Å²) >= 11 is 1.67. The van der Waals surface area contributed by atoms with Crippen molar-refractivity contribution < 1.29 is 9.53 Å². The Kier molecular flexibility index (Phi) is 5.39. The van der Waals surface area contributed by atoms with E-state index in [-0.39, 0.29) is 18.6 Å². The molecule has 1 heterocycles. The number of ether oxygens (including phenoxy) is 1. The molecule has 0 saturated carbocycles. The van der Waals surface area contributed by atoms with Gasteiger partial charge in [0, 0.05) is 11.4 Å². The first kappa shape index (κ1) is 15.6. The second-order valence-electron chi connectivity index (χ2n) is 4.97. The smallest absolute Gasteiger partial charge is 0.261 e. The fourth-order valence-corrected chi connectivity index (χ4v) is 3.01. The van der Waals surface area contributed by atoms with E-state index in [0.717, 1.165) is 5.75 Å². The van der Waals surface area contributed by atoms with Crippen LogP contribution in [0.4, 0.5) is 0 Å². The Bertz CT molecular complexity index is 563. The molecule has 2 rings (SSSR count). The van der Waals surface area contributed by atoms with Gasteiger partial charge in [0.25, 0.3) is 5.91 Å². The number of benzene rings is 1. The van der Waals surface area contributed by atoms with Crippen molar-refractivity contribution in [2.45, 2.75) is 26.8 Å². The zero-order valence-corrected chi connectivity index (χ0v) is 13.5. The summed E-state index contributed by atoms with van der Waals surface area (Å²) in [6.45, 7) is 6.82. The lowest BCUT2D eigenvalue weighted by Gasteiger charge is -2.27. The predicted molar refractivity (Wildman–Crippen MR) is 86.8 cm³/mol. The van der Waals surface area contributed by atoms with Crippen molar-refractivity contribution in [2.75, 3.05) is 13.2 Å². The molecule has 0 aliphatic rings. The third kappa shape index (κ3) is 4.08. The normalized spacial score (nSPS) is 12.0. The topological polar surface area (TPSA) is 29.5 Å². The van der Waals surface area contributed by atoms with Gasteiger partial charge < -0.3 is 9.64 Å². The first-order valence-corrected chi connectivity index (χ1v) is 8.02. The minimum atomic E-state index is 0.0129. The number of carbonyl (C=O) groups is 1. The maximum absolute atomic E-state index is 12.4. The van der Waals surface area contributed by atoms with Crippen LogP contribution in [-0.4, -0.2) is 24.0 Å². The molecule has 0 spiro atoms. The van der Waals surface area contributed by atoms with Crippen LogP contribution in [0.3, 0.4) is 0 Å². The monoisotopic (exact) mass is 303 g/mol. The van der Waals surface area contributed by atoms with E-state index in [0.29, 0.717) is 6.54 Å². The van der Waals surface area contributed by atoms with E-state index in [9.17, 15) is 4.79 Å². The minimum Gasteiger partial charge on any atom is -0.484 e. The van der Waals surface area contributed by atoms with Gasteiger partial charge in [-0.2, -0.15) is 0 Å². The Balaban J connectivity index is 1.95. The lowest BCUT2D eigenvalue weighted by molar-refractivity contribution is -0.135. The number of hydrogen-bond acceptors (Lipinski definition) is 3. The summed E-state index contributed by atoms with van der Waals surface area (Å²) in [6, 6.07) is 11.9. The number of aryl methyl sites for hydroxylation is 1. The number of likely N-dealkylation sites (N-methyl/N-ethyl adjacent to an activating group) is 1. The molecule has 0 saturated heterocycles. The van der Waals surface area contributed by atoms with Crippen molar-refractivity contribution in [1.82, 2.24) is 4.90 Å². The molecular formula is C17H21NO2S. The van der Waals surface area contributed by atoms with Crippen LogP contribution in [-0.2, 0) is 4.79 Å². The van der Waals surface area contributed by atoms with E-state index < -0.39 is 0 Å². The molecule has 3 nitrogen and oxygen atoms in total. The lowest BCUT2D eigenvalue weighted by atomic mass is 10.2. The quantitative estimate of drug-likeness (QED) is 0.806. The van der Waals surface area contributed by atoms with E-state index in [1.807, 2.05) is 54.5 Å². The maximum Gasteiger partial charge on any atom is 0.261 e. The van der Waals surface area contributed by atoms with Crippen molar-refractivity contribution in [3.05, 3.63) is 52.2 Å². The molecule has 0 radical (unpaired) electrons. The fraction of sp³-hybridized carbons (Fsp3) is 0.353. The van der Waals surface area contributed by atoms with Crippen LogP contribution < -0.4 is 4.74 Å². The number of nitrogens with zero attached hydrogens (tertiary/aromatic N) is 1. The summed E-state index contributed by atoms with van der Waals surface area (Å²) in [7, 11) is 0. The van der Waals surface area contributed by atoms with Gasteiger partial charge in [-0.1, -0.05) is 23.8 Å². The van der Waals surface area contributed by atoms with E-state index in [4.69, 9.17) is 4.74 Å². The predicted octanol–water partition coefficient (Wildman–Crippen LogP) is 4.05. The third-order valence-corrected chi connectivity index (χ3v) is 4.51. The highest BCUT2D eigenvalue weighted by Gasteiger charge is 2.20. The minimum absolute atomic E-state index is 0.0129. The highest BCUT2D eigenvalue weighted by molar-refractivity contribution is 7.10. The SMILES string of the molecule is CCN(C(=O)COc1ccc(C)cc1)C(C)c1cccs1. The molecular weight excluding hydrogens is 282 g/mol. The molecule has 0 bridgehead atoms. The molecule has 4 heteroatoms. The third-order valence-electron chi connectivity index (χ3n) is 3.47. The van der Waals surface area contributed by atoms with E-state index in [1.54, 1.807) is 11.3 Å². The highest BCUT2D eigenvalue weighted by atomic mass is 32.1. The average molecular weight is 303 g/mol. The lowest BCUT2D eigenvalue weighted by Crippen LogP contribution is -2.36. The average Bonchev–Trinajstić information content (AvgIpc) is 3.01. The number of thiophene rings is 1. The van der Waals surface area contributed by atoms with Crippen molar-refractivity contribution in [1.29, 1.82) is 0 Å². The summed E-state index contributed by atoms with van der Waals surface area (Å²) in [5.41, 5.74) is 1.18. The molecule has 2 aromatic rings. The Morgan fingerprint density at radius 1 is 1.29 bits per heavy atom. The summed E-state index contributed by atoms with van der Waals surface area (Å²) in [6.07, 6.45) is 0. The number of rotatable bonds is 6. The molecule has 1 aromatic carbocycles. The van der Waals surface area contributed by atoms with E-state index in [2.05, 4.69) is 13.0 Å². The fourth-order valence-electron chi connectivity index (χ4n) is 2.21. The number of amides is 1. The van der Waals surface area contributed by atoms with Gasteiger partial charge in [-0.15, -0.1) is 11.3 Å². The molecule has 112 valence electrons. The number of hydrogen-bond donors (Lipinski definition) is 0. The van der Waals surface area contributed by atoms with Crippen LogP contribution in [0, 0.1) is 6.92 Å².